The van der Waals surface area contributed by atoms with Gasteiger partial charge in [-0.1, -0.05) is 23.4 Å². The molecule has 0 spiro atoms. The number of hydrogen-bond acceptors (Lipinski definition) is 4. The van der Waals surface area contributed by atoms with Crippen molar-refractivity contribution in [1.29, 1.82) is 0 Å². The fraction of sp³-hybridized carbons (Fsp3) is 0.308. The Bertz CT molecular complexity index is 567. The van der Waals surface area contributed by atoms with Crippen LogP contribution in [-0.2, 0) is 10.3 Å². The third-order valence-corrected chi connectivity index (χ3v) is 2.79. The van der Waals surface area contributed by atoms with Gasteiger partial charge in [-0.05, 0) is 26.0 Å². The maximum absolute atomic E-state index is 11.4. The number of benzene rings is 1. The number of para-hydroxylation sites is 1. The van der Waals surface area contributed by atoms with E-state index >= 15 is 0 Å². The molecule has 2 aromatic rings. The molecule has 0 saturated carbocycles. The molecule has 1 aromatic carbocycles. The summed E-state index contributed by atoms with van der Waals surface area (Å²) in [4.78, 5) is 11.4. The molecule has 0 bridgehead atoms. The van der Waals surface area contributed by atoms with Crippen molar-refractivity contribution in [2.24, 2.45) is 5.73 Å². The SMILES string of the molecule is CC(C)(NC(=O)CN)c1cn(-c2ccccc2)nn1.Cl. The molecule has 1 amide bonds. The number of halogens is 1. The Labute approximate surface area is 123 Å². The van der Waals surface area contributed by atoms with E-state index in [2.05, 4.69) is 15.6 Å². The first kappa shape index (κ1) is 16.1. The van der Waals surface area contributed by atoms with Crippen LogP contribution in [0.3, 0.4) is 0 Å². The molecule has 2 rings (SSSR count). The van der Waals surface area contributed by atoms with E-state index in [1.165, 1.54) is 0 Å². The number of amides is 1. The van der Waals surface area contributed by atoms with Crippen LogP contribution in [0.4, 0.5) is 0 Å². The predicted molar refractivity (Wildman–Crippen MR) is 78.8 cm³/mol. The van der Waals surface area contributed by atoms with Crippen molar-refractivity contribution < 1.29 is 4.79 Å². The lowest BCUT2D eigenvalue weighted by atomic mass is 10.0. The number of nitrogens with zero attached hydrogens (tertiary/aromatic N) is 3. The van der Waals surface area contributed by atoms with Crippen LogP contribution in [0, 0.1) is 0 Å². The Balaban J connectivity index is 0.00000200. The molecule has 3 N–H and O–H groups in total. The molecule has 0 aliphatic rings. The zero-order valence-electron chi connectivity index (χ0n) is 11.4. The second-order valence-electron chi connectivity index (χ2n) is 4.76. The topological polar surface area (TPSA) is 85.8 Å². The Hall–Kier alpha value is -1.92. The molecule has 108 valence electrons. The highest BCUT2D eigenvalue weighted by Gasteiger charge is 2.25. The summed E-state index contributed by atoms with van der Waals surface area (Å²) >= 11 is 0. The van der Waals surface area contributed by atoms with Gasteiger partial charge in [-0.3, -0.25) is 4.79 Å². The Morgan fingerprint density at radius 2 is 2.00 bits per heavy atom. The molecule has 6 nitrogen and oxygen atoms in total. The molecular formula is C13H18ClN5O. The Morgan fingerprint density at radius 3 is 2.60 bits per heavy atom. The van der Waals surface area contributed by atoms with Gasteiger partial charge in [0.25, 0.3) is 0 Å². The monoisotopic (exact) mass is 295 g/mol. The number of carbonyl (C=O) groups is 1. The Kier molecular flexibility index (Phi) is 5.24. The average Bonchev–Trinajstić information content (AvgIpc) is 2.89. The highest BCUT2D eigenvalue weighted by atomic mass is 35.5. The van der Waals surface area contributed by atoms with Crippen LogP contribution >= 0.6 is 12.4 Å². The number of carbonyl (C=O) groups excluding carboxylic acids is 1. The lowest BCUT2D eigenvalue weighted by Gasteiger charge is -2.23. The molecule has 0 aliphatic heterocycles. The van der Waals surface area contributed by atoms with Gasteiger partial charge in [0.2, 0.25) is 5.91 Å². The molecular weight excluding hydrogens is 278 g/mol. The number of rotatable bonds is 4. The van der Waals surface area contributed by atoms with Gasteiger partial charge in [-0.25, -0.2) is 4.68 Å². The maximum Gasteiger partial charge on any atom is 0.234 e. The normalized spacial score (nSPS) is 10.8. The van der Waals surface area contributed by atoms with Gasteiger partial charge in [0.05, 0.1) is 24.0 Å². The number of hydrogen-bond donors (Lipinski definition) is 2. The smallest absolute Gasteiger partial charge is 0.234 e. The molecule has 1 heterocycles. The van der Waals surface area contributed by atoms with E-state index in [4.69, 9.17) is 5.73 Å². The fourth-order valence-corrected chi connectivity index (χ4v) is 1.72. The molecule has 7 heteroatoms. The van der Waals surface area contributed by atoms with E-state index in [-0.39, 0.29) is 24.9 Å². The van der Waals surface area contributed by atoms with E-state index in [1.807, 2.05) is 44.2 Å². The maximum atomic E-state index is 11.4. The van der Waals surface area contributed by atoms with Crippen LogP contribution in [0.25, 0.3) is 5.69 Å². The van der Waals surface area contributed by atoms with Crippen LogP contribution in [-0.4, -0.2) is 27.4 Å². The van der Waals surface area contributed by atoms with Crippen LogP contribution in [0.1, 0.15) is 19.5 Å². The predicted octanol–water partition coefficient (Wildman–Crippen LogP) is 0.999. The van der Waals surface area contributed by atoms with Crippen molar-refractivity contribution in [1.82, 2.24) is 20.3 Å². The lowest BCUT2D eigenvalue weighted by molar-refractivity contribution is -0.121. The van der Waals surface area contributed by atoms with Crippen LogP contribution in [0.2, 0.25) is 0 Å². The van der Waals surface area contributed by atoms with Gasteiger partial charge in [-0.2, -0.15) is 0 Å². The molecule has 20 heavy (non-hydrogen) atoms. The molecule has 1 aromatic heterocycles. The van der Waals surface area contributed by atoms with E-state index < -0.39 is 5.54 Å². The third-order valence-electron chi connectivity index (χ3n) is 2.79. The van der Waals surface area contributed by atoms with Gasteiger partial charge in [0, 0.05) is 0 Å². The summed E-state index contributed by atoms with van der Waals surface area (Å²) in [6.45, 7) is 3.68. The van der Waals surface area contributed by atoms with Crippen LogP contribution in [0.15, 0.2) is 36.5 Å². The summed E-state index contributed by atoms with van der Waals surface area (Å²) in [5, 5.41) is 11.0. The number of aromatic nitrogens is 3. The van der Waals surface area contributed by atoms with Crippen molar-refractivity contribution in [3.05, 3.63) is 42.2 Å². The van der Waals surface area contributed by atoms with Crippen molar-refractivity contribution in [3.63, 3.8) is 0 Å². The standard InChI is InChI=1S/C13H17N5O.ClH/c1-13(2,15-12(19)8-14)11-9-18(17-16-11)10-6-4-3-5-7-10;/h3-7,9H,8,14H2,1-2H3,(H,15,19);1H. The van der Waals surface area contributed by atoms with E-state index in [9.17, 15) is 4.79 Å². The van der Waals surface area contributed by atoms with Gasteiger partial charge in [0.15, 0.2) is 0 Å². The summed E-state index contributed by atoms with van der Waals surface area (Å²) in [6.07, 6.45) is 1.80. The Morgan fingerprint density at radius 1 is 1.35 bits per heavy atom. The second-order valence-corrected chi connectivity index (χ2v) is 4.76. The first-order chi connectivity index (χ1) is 9.03. The molecule has 0 radical (unpaired) electrons. The quantitative estimate of drug-likeness (QED) is 0.881. The minimum Gasteiger partial charge on any atom is -0.344 e. The molecule has 0 aliphatic carbocycles. The van der Waals surface area contributed by atoms with E-state index in [1.54, 1.807) is 10.9 Å². The van der Waals surface area contributed by atoms with Gasteiger partial charge >= 0.3 is 0 Å². The van der Waals surface area contributed by atoms with Crippen molar-refractivity contribution in [2.45, 2.75) is 19.4 Å². The summed E-state index contributed by atoms with van der Waals surface area (Å²) in [5.74, 6) is -0.223. The van der Waals surface area contributed by atoms with Gasteiger partial charge in [0.1, 0.15) is 5.69 Å². The van der Waals surface area contributed by atoms with Crippen molar-refractivity contribution >= 4 is 18.3 Å². The summed E-state index contributed by atoms with van der Waals surface area (Å²) < 4.78 is 1.67. The largest absolute Gasteiger partial charge is 0.344 e. The van der Waals surface area contributed by atoms with Crippen LogP contribution < -0.4 is 11.1 Å². The average molecular weight is 296 g/mol. The molecule has 0 unspecified atom stereocenters. The summed E-state index contributed by atoms with van der Waals surface area (Å²) in [6, 6.07) is 9.66. The minimum absolute atomic E-state index is 0. The van der Waals surface area contributed by atoms with Gasteiger partial charge < -0.3 is 11.1 Å². The highest BCUT2D eigenvalue weighted by Crippen LogP contribution is 2.18. The first-order valence-corrected chi connectivity index (χ1v) is 6.02. The number of nitrogens with two attached hydrogens (primary N) is 1. The first-order valence-electron chi connectivity index (χ1n) is 6.02. The summed E-state index contributed by atoms with van der Waals surface area (Å²) in [7, 11) is 0. The summed E-state index contributed by atoms with van der Waals surface area (Å²) in [5.41, 5.74) is 6.29. The van der Waals surface area contributed by atoms with Crippen LogP contribution in [0.5, 0.6) is 0 Å². The molecule has 0 fully saturated rings. The molecule has 0 atom stereocenters. The molecule has 0 saturated heterocycles. The zero-order chi connectivity index (χ0) is 13.9. The lowest BCUT2D eigenvalue weighted by Crippen LogP contribution is -2.44. The third kappa shape index (κ3) is 3.55. The van der Waals surface area contributed by atoms with E-state index in [0.717, 1.165) is 5.69 Å². The van der Waals surface area contributed by atoms with Crippen molar-refractivity contribution in [3.8, 4) is 5.69 Å². The number of nitrogens with one attached hydrogen (secondary N) is 1. The van der Waals surface area contributed by atoms with Crippen molar-refractivity contribution in [2.75, 3.05) is 6.54 Å². The minimum atomic E-state index is -0.608. The van der Waals surface area contributed by atoms with Gasteiger partial charge in [-0.15, -0.1) is 17.5 Å². The second kappa shape index (κ2) is 6.49. The highest BCUT2D eigenvalue weighted by molar-refractivity contribution is 5.85. The zero-order valence-corrected chi connectivity index (χ0v) is 12.2. The van der Waals surface area contributed by atoms with E-state index in [0.29, 0.717) is 5.69 Å². The fourth-order valence-electron chi connectivity index (χ4n) is 1.72.